The van der Waals surface area contributed by atoms with E-state index in [1.165, 1.54) is 12.8 Å². The van der Waals surface area contributed by atoms with Gasteiger partial charge in [0, 0.05) is 18.2 Å². The fraction of sp³-hybridized carbons (Fsp3) is 0.714. The summed E-state index contributed by atoms with van der Waals surface area (Å²) in [5.74, 6) is 2.10. The van der Waals surface area contributed by atoms with Crippen LogP contribution in [-0.4, -0.2) is 36.0 Å². The Bertz CT molecular complexity index is 358. The SMILES string of the molecule is CCc1ccc(C(CN)N2CCC(SC)CC2)o1. The van der Waals surface area contributed by atoms with Gasteiger partial charge in [0.25, 0.3) is 0 Å². The minimum Gasteiger partial charge on any atom is -0.464 e. The molecule has 102 valence electrons. The molecule has 1 unspecified atom stereocenters. The van der Waals surface area contributed by atoms with Gasteiger partial charge in [0.05, 0.1) is 6.04 Å². The molecule has 1 saturated heterocycles. The molecule has 18 heavy (non-hydrogen) atoms. The summed E-state index contributed by atoms with van der Waals surface area (Å²) in [6.45, 7) is 5.02. The maximum atomic E-state index is 5.95. The Morgan fingerprint density at radius 3 is 2.67 bits per heavy atom. The predicted octanol–water partition coefficient (Wildman–Crippen LogP) is 2.67. The average molecular weight is 268 g/mol. The fourth-order valence-corrected chi connectivity index (χ4v) is 3.31. The van der Waals surface area contributed by atoms with Gasteiger partial charge in [0.15, 0.2) is 0 Å². The second-order valence-corrected chi connectivity index (χ2v) is 6.02. The lowest BCUT2D eigenvalue weighted by molar-refractivity contribution is 0.151. The van der Waals surface area contributed by atoms with E-state index in [4.69, 9.17) is 10.2 Å². The van der Waals surface area contributed by atoms with Crippen LogP contribution in [0.1, 0.15) is 37.3 Å². The van der Waals surface area contributed by atoms with Gasteiger partial charge in [0.1, 0.15) is 11.5 Å². The van der Waals surface area contributed by atoms with E-state index >= 15 is 0 Å². The molecule has 1 aliphatic heterocycles. The first-order chi connectivity index (χ1) is 8.78. The van der Waals surface area contributed by atoms with Gasteiger partial charge in [-0.15, -0.1) is 0 Å². The minimum absolute atomic E-state index is 0.258. The highest BCUT2D eigenvalue weighted by Crippen LogP contribution is 2.28. The molecular formula is C14H24N2OS. The highest BCUT2D eigenvalue weighted by molar-refractivity contribution is 7.99. The molecule has 0 radical (unpaired) electrons. The van der Waals surface area contributed by atoms with Crippen molar-refractivity contribution in [2.75, 3.05) is 25.9 Å². The summed E-state index contributed by atoms with van der Waals surface area (Å²) in [6.07, 6.45) is 5.69. The molecule has 1 aromatic rings. The van der Waals surface area contributed by atoms with Gasteiger partial charge in [-0.3, -0.25) is 4.90 Å². The van der Waals surface area contributed by atoms with Crippen molar-refractivity contribution in [3.63, 3.8) is 0 Å². The average Bonchev–Trinajstić information content (AvgIpc) is 2.89. The zero-order valence-corrected chi connectivity index (χ0v) is 12.2. The molecule has 0 bridgehead atoms. The third-order valence-corrected chi connectivity index (χ3v) is 4.97. The molecule has 0 amide bonds. The number of hydrogen-bond acceptors (Lipinski definition) is 4. The molecule has 2 heterocycles. The van der Waals surface area contributed by atoms with Gasteiger partial charge in [-0.05, 0) is 44.3 Å². The van der Waals surface area contributed by atoms with Crippen molar-refractivity contribution < 1.29 is 4.42 Å². The molecular weight excluding hydrogens is 244 g/mol. The highest BCUT2D eigenvalue weighted by atomic mass is 32.2. The molecule has 4 heteroatoms. The number of piperidine rings is 1. The summed E-state index contributed by atoms with van der Waals surface area (Å²) < 4.78 is 5.87. The van der Waals surface area contributed by atoms with E-state index in [1.807, 2.05) is 11.8 Å². The van der Waals surface area contributed by atoms with Crippen LogP contribution < -0.4 is 5.73 Å². The van der Waals surface area contributed by atoms with Crippen molar-refractivity contribution in [2.45, 2.75) is 37.5 Å². The smallest absolute Gasteiger partial charge is 0.122 e. The maximum Gasteiger partial charge on any atom is 0.122 e. The number of furan rings is 1. The van der Waals surface area contributed by atoms with Gasteiger partial charge in [-0.25, -0.2) is 0 Å². The zero-order valence-electron chi connectivity index (χ0n) is 11.4. The van der Waals surface area contributed by atoms with Gasteiger partial charge in [0.2, 0.25) is 0 Å². The Morgan fingerprint density at radius 2 is 2.17 bits per heavy atom. The summed E-state index contributed by atoms with van der Waals surface area (Å²) in [6, 6.07) is 4.43. The van der Waals surface area contributed by atoms with E-state index in [1.54, 1.807) is 0 Å². The predicted molar refractivity (Wildman–Crippen MR) is 78.0 cm³/mol. The number of nitrogens with two attached hydrogens (primary N) is 1. The molecule has 0 aliphatic carbocycles. The summed E-state index contributed by atoms with van der Waals surface area (Å²) in [4.78, 5) is 2.48. The summed E-state index contributed by atoms with van der Waals surface area (Å²) in [7, 11) is 0. The Balaban J connectivity index is 2.00. The van der Waals surface area contributed by atoms with Crippen LogP contribution in [0.4, 0.5) is 0 Å². The Hall–Kier alpha value is -0.450. The number of aryl methyl sites for hydroxylation is 1. The second-order valence-electron chi connectivity index (χ2n) is 4.88. The van der Waals surface area contributed by atoms with E-state index in [0.717, 1.165) is 36.3 Å². The lowest BCUT2D eigenvalue weighted by Crippen LogP contribution is -2.40. The largest absolute Gasteiger partial charge is 0.464 e. The van der Waals surface area contributed by atoms with Crippen LogP contribution in [-0.2, 0) is 6.42 Å². The minimum atomic E-state index is 0.258. The zero-order chi connectivity index (χ0) is 13.0. The lowest BCUT2D eigenvalue weighted by Gasteiger charge is -2.35. The van der Waals surface area contributed by atoms with E-state index in [-0.39, 0.29) is 6.04 Å². The van der Waals surface area contributed by atoms with Crippen LogP contribution in [0, 0.1) is 0 Å². The molecule has 3 nitrogen and oxygen atoms in total. The van der Waals surface area contributed by atoms with Crippen molar-refractivity contribution >= 4 is 11.8 Å². The van der Waals surface area contributed by atoms with Crippen LogP contribution in [0.5, 0.6) is 0 Å². The second kappa shape index (κ2) is 6.64. The Morgan fingerprint density at radius 1 is 1.44 bits per heavy atom. The van der Waals surface area contributed by atoms with Crippen LogP contribution in [0.3, 0.4) is 0 Å². The third kappa shape index (κ3) is 3.11. The first kappa shape index (κ1) is 14.0. The van der Waals surface area contributed by atoms with Crippen molar-refractivity contribution in [3.05, 3.63) is 23.7 Å². The van der Waals surface area contributed by atoms with Crippen molar-refractivity contribution in [3.8, 4) is 0 Å². The Labute approximate surface area is 114 Å². The van der Waals surface area contributed by atoms with Gasteiger partial charge < -0.3 is 10.2 Å². The molecule has 2 N–H and O–H groups in total. The summed E-state index contributed by atoms with van der Waals surface area (Å²) >= 11 is 1.99. The van der Waals surface area contributed by atoms with Crippen LogP contribution in [0.2, 0.25) is 0 Å². The molecule has 0 saturated carbocycles. The number of thioether (sulfide) groups is 1. The van der Waals surface area contributed by atoms with Crippen molar-refractivity contribution in [1.29, 1.82) is 0 Å². The standard InChI is InChI=1S/C14H24N2OS/c1-3-11-4-5-14(17-11)13(10-15)16-8-6-12(18-2)7-9-16/h4-5,12-13H,3,6-10,15H2,1-2H3. The number of rotatable bonds is 5. The molecule has 1 fully saturated rings. The number of hydrogen-bond donors (Lipinski definition) is 1. The first-order valence-corrected chi connectivity index (χ1v) is 8.12. The molecule has 1 aliphatic rings. The van der Waals surface area contributed by atoms with Crippen LogP contribution in [0.25, 0.3) is 0 Å². The summed E-state index contributed by atoms with van der Waals surface area (Å²) in [5, 5.41) is 0.822. The van der Waals surface area contributed by atoms with Crippen molar-refractivity contribution in [2.24, 2.45) is 5.73 Å². The fourth-order valence-electron chi connectivity index (χ4n) is 2.63. The number of nitrogens with zero attached hydrogens (tertiary/aromatic N) is 1. The maximum absolute atomic E-state index is 5.95. The van der Waals surface area contributed by atoms with E-state index in [2.05, 4.69) is 30.2 Å². The molecule has 1 atom stereocenters. The van der Waals surface area contributed by atoms with Crippen molar-refractivity contribution in [1.82, 2.24) is 4.90 Å². The quantitative estimate of drug-likeness (QED) is 0.891. The van der Waals surface area contributed by atoms with Gasteiger partial charge >= 0.3 is 0 Å². The first-order valence-electron chi connectivity index (χ1n) is 6.84. The highest BCUT2D eigenvalue weighted by Gasteiger charge is 2.26. The van der Waals surface area contributed by atoms with E-state index in [0.29, 0.717) is 6.54 Å². The molecule has 2 rings (SSSR count). The normalized spacial score (nSPS) is 20.2. The molecule has 0 spiro atoms. The van der Waals surface area contributed by atoms with Gasteiger partial charge in [-0.1, -0.05) is 6.92 Å². The summed E-state index contributed by atoms with van der Waals surface area (Å²) in [5.41, 5.74) is 5.95. The number of likely N-dealkylation sites (tertiary alicyclic amines) is 1. The van der Waals surface area contributed by atoms with E-state index in [9.17, 15) is 0 Å². The lowest BCUT2D eigenvalue weighted by atomic mass is 10.1. The molecule has 0 aromatic carbocycles. The Kier molecular flexibility index (Phi) is 5.15. The van der Waals surface area contributed by atoms with Crippen LogP contribution >= 0.6 is 11.8 Å². The third-order valence-electron chi connectivity index (χ3n) is 3.83. The van der Waals surface area contributed by atoms with Crippen LogP contribution in [0.15, 0.2) is 16.5 Å². The monoisotopic (exact) mass is 268 g/mol. The topological polar surface area (TPSA) is 42.4 Å². The van der Waals surface area contributed by atoms with E-state index < -0.39 is 0 Å². The van der Waals surface area contributed by atoms with Gasteiger partial charge in [-0.2, -0.15) is 11.8 Å². The molecule has 1 aromatic heterocycles.